The molecule has 1 N–H and O–H groups in total. The molecule has 6 heteroatoms. The molecule has 0 aromatic rings. The molecule has 1 heterocycles. The zero-order chi connectivity index (χ0) is 18.0. The summed E-state index contributed by atoms with van der Waals surface area (Å²) in [6.45, 7) is 12.8. The van der Waals surface area contributed by atoms with Crippen LogP contribution in [0, 0.1) is 0 Å². The van der Waals surface area contributed by atoms with E-state index in [1.54, 1.807) is 6.92 Å². The van der Waals surface area contributed by atoms with Gasteiger partial charge in [-0.05, 0) is 53.1 Å². The van der Waals surface area contributed by atoms with Gasteiger partial charge >= 0.3 is 6.09 Å². The number of rotatable bonds is 7. The van der Waals surface area contributed by atoms with E-state index in [0.29, 0.717) is 6.54 Å². The van der Waals surface area contributed by atoms with Crippen molar-refractivity contribution in [3.63, 3.8) is 0 Å². The molecule has 2 amide bonds. The van der Waals surface area contributed by atoms with Crippen molar-refractivity contribution >= 4 is 12.0 Å². The summed E-state index contributed by atoms with van der Waals surface area (Å²) in [5.41, 5.74) is -0.435. The van der Waals surface area contributed by atoms with Crippen LogP contribution in [0.25, 0.3) is 0 Å². The van der Waals surface area contributed by atoms with E-state index in [9.17, 15) is 9.59 Å². The number of carbonyl (C=O) groups is 2. The Bertz CT molecular complexity index is 393. The number of amides is 2. The van der Waals surface area contributed by atoms with Crippen molar-refractivity contribution in [2.75, 3.05) is 39.3 Å². The van der Waals surface area contributed by atoms with Gasteiger partial charge in [0.15, 0.2) is 0 Å². The molecule has 0 radical (unpaired) electrons. The molecule has 0 saturated carbocycles. The van der Waals surface area contributed by atoms with Crippen LogP contribution in [0.1, 0.15) is 59.8 Å². The zero-order valence-electron chi connectivity index (χ0n) is 15.9. The van der Waals surface area contributed by atoms with Crippen LogP contribution < -0.4 is 5.32 Å². The minimum atomic E-state index is -0.435. The molecule has 1 aliphatic rings. The largest absolute Gasteiger partial charge is 0.444 e. The molecular weight excluding hydrogens is 306 g/mol. The van der Waals surface area contributed by atoms with Gasteiger partial charge < -0.3 is 19.9 Å². The van der Waals surface area contributed by atoms with Gasteiger partial charge in [0.25, 0.3) is 0 Å². The highest BCUT2D eigenvalue weighted by Gasteiger charge is 2.16. The van der Waals surface area contributed by atoms with E-state index in [4.69, 9.17) is 4.74 Å². The summed E-state index contributed by atoms with van der Waals surface area (Å²) in [6.07, 6.45) is 5.18. The number of nitrogens with one attached hydrogen (secondary N) is 1. The molecule has 1 aliphatic heterocycles. The fourth-order valence-corrected chi connectivity index (χ4v) is 2.83. The summed E-state index contributed by atoms with van der Waals surface area (Å²) in [4.78, 5) is 27.3. The van der Waals surface area contributed by atoms with Gasteiger partial charge in [-0.1, -0.05) is 12.8 Å². The summed E-state index contributed by atoms with van der Waals surface area (Å²) in [5, 5.41) is 2.79. The average molecular weight is 341 g/mol. The Balaban J connectivity index is 2.00. The molecule has 0 atom stereocenters. The molecule has 0 bridgehead atoms. The molecule has 24 heavy (non-hydrogen) atoms. The molecule has 0 unspecified atom stereocenters. The van der Waals surface area contributed by atoms with Crippen LogP contribution >= 0.6 is 0 Å². The van der Waals surface area contributed by atoms with Gasteiger partial charge in [-0.2, -0.15) is 0 Å². The Kier molecular flexibility index (Phi) is 9.11. The highest BCUT2D eigenvalue weighted by molar-refractivity contribution is 5.73. The van der Waals surface area contributed by atoms with E-state index >= 15 is 0 Å². The second-order valence-corrected chi connectivity index (χ2v) is 7.54. The lowest BCUT2D eigenvalue weighted by atomic mass is 10.2. The SMILES string of the molecule is CC(=O)N1CCCN(CCCCCCNC(=O)OC(C)(C)C)CC1. The molecule has 0 aromatic carbocycles. The average Bonchev–Trinajstić information content (AvgIpc) is 2.70. The number of carbonyl (C=O) groups excluding carboxylic acids is 2. The number of ether oxygens (including phenoxy) is 1. The summed E-state index contributed by atoms with van der Waals surface area (Å²) < 4.78 is 5.20. The van der Waals surface area contributed by atoms with Crippen molar-refractivity contribution < 1.29 is 14.3 Å². The summed E-state index contributed by atoms with van der Waals surface area (Å²) in [5.74, 6) is 0.189. The number of unbranched alkanes of at least 4 members (excludes halogenated alkanes) is 3. The van der Waals surface area contributed by atoms with Crippen molar-refractivity contribution in [1.29, 1.82) is 0 Å². The van der Waals surface area contributed by atoms with Gasteiger partial charge in [-0.15, -0.1) is 0 Å². The van der Waals surface area contributed by atoms with Crippen LogP contribution in [-0.2, 0) is 9.53 Å². The minimum absolute atomic E-state index is 0.189. The van der Waals surface area contributed by atoms with Crippen LogP contribution in [0.15, 0.2) is 0 Å². The lowest BCUT2D eigenvalue weighted by Gasteiger charge is -2.21. The number of nitrogens with zero attached hydrogens (tertiary/aromatic N) is 2. The molecule has 140 valence electrons. The first-order valence-electron chi connectivity index (χ1n) is 9.22. The summed E-state index contributed by atoms with van der Waals surface area (Å²) in [6, 6.07) is 0. The topological polar surface area (TPSA) is 61.9 Å². The van der Waals surface area contributed by atoms with Crippen LogP contribution in [0.4, 0.5) is 4.79 Å². The Labute approximate surface area is 146 Å². The third-order valence-electron chi connectivity index (χ3n) is 4.10. The number of alkyl carbamates (subject to hydrolysis) is 1. The second kappa shape index (κ2) is 10.5. The second-order valence-electron chi connectivity index (χ2n) is 7.54. The van der Waals surface area contributed by atoms with Gasteiger partial charge in [-0.3, -0.25) is 4.79 Å². The van der Waals surface area contributed by atoms with Crippen molar-refractivity contribution in [2.45, 2.75) is 65.4 Å². The lowest BCUT2D eigenvalue weighted by molar-refractivity contribution is -0.128. The van der Waals surface area contributed by atoms with Gasteiger partial charge in [-0.25, -0.2) is 4.79 Å². The van der Waals surface area contributed by atoms with Crippen LogP contribution in [0.5, 0.6) is 0 Å². The Morgan fingerprint density at radius 2 is 1.71 bits per heavy atom. The third kappa shape index (κ3) is 9.75. The van der Waals surface area contributed by atoms with Crippen molar-refractivity contribution in [1.82, 2.24) is 15.1 Å². The first kappa shape index (κ1) is 20.7. The predicted octanol–water partition coefficient (Wildman–Crippen LogP) is 2.63. The van der Waals surface area contributed by atoms with E-state index in [0.717, 1.165) is 52.0 Å². The monoisotopic (exact) mass is 341 g/mol. The maximum absolute atomic E-state index is 11.5. The van der Waals surface area contributed by atoms with Crippen molar-refractivity contribution in [3.05, 3.63) is 0 Å². The number of hydrogen-bond acceptors (Lipinski definition) is 4. The van der Waals surface area contributed by atoms with Gasteiger partial charge in [0.05, 0.1) is 0 Å². The van der Waals surface area contributed by atoms with E-state index < -0.39 is 5.60 Å². The molecule has 0 spiro atoms. The van der Waals surface area contributed by atoms with E-state index in [1.807, 2.05) is 25.7 Å². The van der Waals surface area contributed by atoms with E-state index in [1.165, 1.54) is 12.8 Å². The molecule has 1 fully saturated rings. The van der Waals surface area contributed by atoms with Crippen molar-refractivity contribution in [2.24, 2.45) is 0 Å². The van der Waals surface area contributed by atoms with Gasteiger partial charge in [0.2, 0.25) is 5.91 Å². The fraction of sp³-hybridized carbons (Fsp3) is 0.889. The third-order valence-corrected chi connectivity index (χ3v) is 4.10. The fourth-order valence-electron chi connectivity index (χ4n) is 2.83. The highest BCUT2D eigenvalue weighted by Crippen LogP contribution is 2.08. The Morgan fingerprint density at radius 3 is 2.38 bits per heavy atom. The van der Waals surface area contributed by atoms with Gasteiger partial charge in [0, 0.05) is 33.1 Å². The summed E-state index contributed by atoms with van der Waals surface area (Å²) >= 11 is 0. The first-order chi connectivity index (χ1) is 11.3. The zero-order valence-corrected chi connectivity index (χ0v) is 15.9. The Morgan fingerprint density at radius 1 is 1.00 bits per heavy atom. The minimum Gasteiger partial charge on any atom is -0.444 e. The molecule has 1 rings (SSSR count). The number of hydrogen-bond donors (Lipinski definition) is 1. The van der Waals surface area contributed by atoms with Crippen LogP contribution in [0.3, 0.4) is 0 Å². The maximum Gasteiger partial charge on any atom is 0.407 e. The standard InChI is InChI=1S/C18H35N3O3/c1-16(22)21-13-9-12-20(14-15-21)11-8-6-5-7-10-19-17(23)24-18(2,3)4/h5-15H2,1-4H3,(H,19,23). The van der Waals surface area contributed by atoms with Crippen LogP contribution in [0.2, 0.25) is 0 Å². The molecule has 0 aromatic heterocycles. The lowest BCUT2D eigenvalue weighted by Crippen LogP contribution is -2.34. The van der Waals surface area contributed by atoms with E-state index in [2.05, 4.69) is 10.2 Å². The predicted molar refractivity (Wildman–Crippen MR) is 96.0 cm³/mol. The maximum atomic E-state index is 11.5. The smallest absolute Gasteiger partial charge is 0.407 e. The highest BCUT2D eigenvalue weighted by atomic mass is 16.6. The quantitative estimate of drug-likeness (QED) is 0.723. The Hall–Kier alpha value is -1.30. The molecular formula is C18H35N3O3. The molecule has 6 nitrogen and oxygen atoms in total. The van der Waals surface area contributed by atoms with Crippen LogP contribution in [-0.4, -0.2) is 66.7 Å². The molecule has 0 aliphatic carbocycles. The van der Waals surface area contributed by atoms with Gasteiger partial charge in [0.1, 0.15) is 5.60 Å². The van der Waals surface area contributed by atoms with E-state index in [-0.39, 0.29) is 12.0 Å². The first-order valence-corrected chi connectivity index (χ1v) is 9.22. The molecule has 1 saturated heterocycles. The van der Waals surface area contributed by atoms with Crippen molar-refractivity contribution in [3.8, 4) is 0 Å². The summed E-state index contributed by atoms with van der Waals surface area (Å²) in [7, 11) is 0. The normalized spacial score (nSPS) is 16.6.